The Kier molecular flexibility index (Phi) is 8.55. The fraction of sp³-hybridized carbons (Fsp3) is 0.200. The zero-order chi connectivity index (χ0) is 32.9. The van der Waals surface area contributed by atoms with Crippen molar-refractivity contribution in [2.45, 2.75) is 22.7 Å². The number of hydrogen-bond acceptors (Lipinski definition) is 10. The normalized spacial score (nSPS) is 18.6. The molecule has 236 valence electrons. The van der Waals surface area contributed by atoms with Gasteiger partial charge in [0.2, 0.25) is 17.7 Å². The molecule has 3 atom stereocenters. The smallest absolute Gasteiger partial charge is 0.308 e. The van der Waals surface area contributed by atoms with Crippen molar-refractivity contribution in [3.05, 3.63) is 101 Å². The lowest BCUT2D eigenvalue weighted by molar-refractivity contribution is -0.384. The number of nitrogens with one attached hydrogen (secondary N) is 1. The predicted octanol–water partition coefficient (Wildman–Crippen LogP) is 5.58. The second kappa shape index (κ2) is 12.4. The summed E-state index contributed by atoms with van der Waals surface area (Å²) in [7, 11) is 2.95. The average Bonchev–Trinajstić information content (AvgIpc) is 3.48. The van der Waals surface area contributed by atoms with E-state index in [4.69, 9.17) is 32.7 Å². The number of nitro groups is 1. The molecular formula is C30H22Cl2N4O8S2. The van der Waals surface area contributed by atoms with E-state index in [1.54, 1.807) is 24.3 Å². The highest BCUT2D eigenvalue weighted by molar-refractivity contribution is 8.00. The molecule has 0 unspecified atom stereocenters. The van der Waals surface area contributed by atoms with Crippen LogP contribution >= 0.6 is 46.3 Å². The van der Waals surface area contributed by atoms with Crippen LogP contribution < -0.4 is 24.6 Å². The van der Waals surface area contributed by atoms with Crippen molar-refractivity contribution in [3.8, 4) is 11.5 Å². The molecule has 2 aliphatic rings. The van der Waals surface area contributed by atoms with E-state index in [1.807, 2.05) is 0 Å². The third-order valence-electron chi connectivity index (χ3n) is 7.64. The second-order valence-electron chi connectivity index (χ2n) is 10.2. The van der Waals surface area contributed by atoms with Crippen LogP contribution in [-0.2, 0) is 20.9 Å². The summed E-state index contributed by atoms with van der Waals surface area (Å²) in [6, 6.07) is 14.8. The Balaban J connectivity index is 1.42. The van der Waals surface area contributed by atoms with Gasteiger partial charge in [-0.1, -0.05) is 52.4 Å². The highest BCUT2D eigenvalue weighted by Crippen LogP contribution is 2.54. The first-order chi connectivity index (χ1) is 22.0. The van der Waals surface area contributed by atoms with Crippen molar-refractivity contribution in [1.82, 2.24) is 4.57 Å². The largest absolute Gasteiger partial charge is 0.493 e. The molecule has 2 aliphatic heterocycles. The van der Waals surface area contributed by atoms with Crippen molar-refractivity contribution in [1.29, 1.82) is 0 Å². The number of thiazole rings is 1. The number of imide groups is 1. The number of thioether (sulfide) groups is 1. The first kappa shape index (κ1) is 31.6. The van der Waals surface area contributed by atoms with E-state index in [1.165, 1.54) is 55.2 Å². The molecule has 0 bridgehead atoms. The number of ether oxygens (including phenoxy) is 2. The van der Waals surface area contributed by atoms with Crippen LogP contribution in [0.2, 0.25) is 10.0 Å². The van der Waals surface area contributed by atoms with Gasteiger partial charge in [0.1, 0.15) is 11.8 Å². The standard InChI is InChI=1S/C30H22Cl2N4O8S2/c1-43-20-10-3-14(11-21(20)44-2)23-24-25(28(39)35(27(24)38)16-5-7-17(8-6-16)36(41)42)45-29-26(23)46-30(40)34(29)13-22(37)33-15-4-9-18(31)19(32)12-15/h3-12,23-25H,13H2,1-2H3,(H,33,37)/t23-,24-,25+/m0/s1. The Morgan fingerprint density at radius 3 is 2.33 bits per heavy atom. The number of non-ortho nitro benzene ring substituents is 1. The maximum absolute atomic E-state index is 14.1. The molecule has 3 heterocycles. The third kappa shape index (κ3) is 5.51. The minimum atomic E-state index is -0.966. The van der Waals surface area contributed by atoms with Crippen LogP contribution in [0.4, 0.5) is 17.1 Å². The second-order valence-corrected chi connectivity index (χ2v) is 13.2. The van der Waals surface area contributed by atoms with Crippen molar-refractivity contribution in [2.75, 3.05) is 24.4 Å². The number of hydrogen-bond donors (Lipinski definition) is 1. The molecule has 3 aromatic carbocycles. The topological polar surface area (TPSA) is 150 Å². The highest BCUT2D eigenvalue weighted by atomic mass is 35.5. The number of anilines is 2. The fourth-order valence-corrected chi connectivity index (χ4v) is 8.63. The van der Waals surface area contributed by atoms with Gasteiger partial charge in [0.15, 0.2) is 11.5 Å². The fourth-order valence-electron chi connectivity index (χ4n) is 5.56. The van der Waals surface area contributed by atoms with E-state index in [0.717, 1.165) is 28.0 Å². The lowest BCUT2D eigenvalue weighted by atomic mass is 9.83. The molecular weight excluding hydrogens is 679 g/mol. The molecule has 1 N–H and O–H groups in total. The highest BCUT2D eigenvalue weighted by Gasteiger charge is 2.57. The Bertz CT molecular complexity index is 1980. The van der Waals surface area contributed by atoms with Crippen LogP contribution in [0.5, 0.6) is 11.5 Å². The average molecular weight is 702 g/mol. The van der Waals surface area contributed by atoms with Gasteiger partial charge in [0.05, 0.1) is 45.8 Å². The molecule has 12 nitrogen and oxygen atoms in total. The molecule has 3 amide bonds. The van der Waals surface area contributed by atoms with Gasteiger partial charge in [-0.15, -0.1) is 0 Å². The lowest BCUT2D eigenvalue weighted by Gasteiger charge is -2.31. The van der Waals surface area contributed by atoms with Crippen LogP contribution in [0.25, 0.3) is 0 Å². The van der Waals surface area contributed by atoms with Crippen molar-refractivity contribution in [3.63, 3.8) is 0 Å². The van der Waals surface area contributed by atoms with Gasteiger partial charge in [-0.3, -0.25) is 33.9 Å². The summed E-state index contributed by atoms with van der Waals surface area (Å²) in [6.45, 7) is -0.373. The molecule has 1 fully saturated rings. The number of nitrogens with zero attached hydrogens (tertiary/aromatic N) is 3. The Morgan fingerprint density at radius 2 is 1.67 bits per heavy atom. The number of carbonyl (C=O) groups excluding carboxylic acids is 3. The number of benzene rings is 3. The number of rotatable bonds is 8. The Labute approximate surface area is 279 Å². The lowest BCUT2D eigenvalue weighted by Crippen LogP contribution is -2.33. The summed E-state index contributed by atoms with van der Waals surface area (Å²) in [5.74, 6) is -2.46. The maximum Gasteiger partial charge on any atom is 0.308 e. The number of methoxy groups -OCH3 is 2. The minimum Gasteiger partial charge on any atom is -0.493 e. The van der Waals surface area contributed by atoms with E-state index in [-0.39, 0.29) is 22.9 Å². The van der Waals surface area contributed by atoms with Gasteiger partial charge in [-0.05, 0) is 48.0 Å². The molecule has 46 heavy (non-hydrogen) atoms. The van der Waals surface area contributed by atoms with Gasteiger partial charge < -0.3 is 14.8 Å². The van der Waals surface area contributed by atoms with Crippen LogP contribution in [0, 0.1) is 16.0 Å². The molecule has 1 saturated heterocycles. The van der Waals surface area contributed by atoms with Gasteiger partial charge >= 0.3 is 4.87 Å². The maximum atomic E-state index is 14.1. The van der Waals surface area contributed by atoms with Crippen molar-refractivity contribution >= 4 is 81.1 Å². The molecule has 0 spiro atoms. The molecule has 1 aromatic heterocycles. The molecule has 6 rings (SSSR count). The van der Waals surface area contributed by atoms with Crippen LogP contribution in [0.15, 0.2) is 70.5 Å². The number of halogens is 2. The molecule has 0 aliphatic carbocycles. The first-order valence-electron chi connectivity index (χ1n) is 13.5. The number of fused-ring (bicyclic) bond motifs is 2. The molecule has 0 radical (unpaired) electrons. The summed E-state index contributed by atoms with van der Waals surface area (Å²) >= 11 is 14.0. The van der Waals surface area contributed by atoms with Crippen LogP contribution in [0.3, 0.4) is 0 Å². The van der Waals surface area contributed by atoms with E-state index >= 15 is 0 Å². The summed E-state index contributed by atoms with van der Waals surface area (Å²) in [5, 5.41) is 13.9. The van der Waals surface area contributed by atoms with Gasteiger partial charge in [0, 0.05) is 28.6 Å². The molecule has 4 aromatic rings. The summed E-state index contributed by atoms with van der Waals surface area (Å²) in [4.78, 5) is 66.3. The predicted molar refractivity (Wildman–Crippen MR) is 174 cm³/mol. The first-order valence-corrected chi connectivity index (χ1v) is 16.0. The van der Waals surface area contributed by atoms with Crippen LogP contribution in [0.1, 0.15) is 16.4 Å². The van der Waals surface area contributed by atoms with E-state index in [2.05, 4.69) is 5.32 Å². The van der Waals surface area contributed by atoms with Crippen molar-refractivity contribution in [2.24, 2.45) is 5.92 Å². The van der Waals surface area contributed by atoms with Crippen LogP contribution in [-0.4, -0.2) is 46.7 Å². The zero-order valence-corrected chi connectivity index (χ0v) is 27.0. The van der Waals surface area contributed by atoms with Gasteiger partial charge in [0.25, 0.3) is 5.69 Å². The van der Waals surface area contributed by atoms with E-state index in [9.17, 15) is 29.3 Å². The summed E-state index contributed by atoms with van der Waals surface area (Å²) < 4.78 is 12.2. The molecule has 0 saturated carbocycles. The Hall–Kier alpha value is -4.37. The summed E-state index contributed by atoms with van der Waals surface area (Å²) in [5.41, 5.74) is 0.962. The number of aromatic nitrogens is 1. The number of nitro benzene ring substituents is 1. The number of carbonyl (C=O) groups is 3. The number of amides is 3. The minimum absolute atomic E-state index is 0.184. The summed E-state index contributed by atoms with van der Waals surface area (Å²) in [6.07, 6.45) is 0. The Morgan fingerprint density at radius 1 is 0.957 bits per heavy atom. The zero-order valence-electron chi connectivity index (χ0n) is 23.9. The van der Waals surface area contributed by atoms with Gasteiger partial charge in [-0.25, -0.2) is 4.90 Å². The van der Waals surface area contributed by atoms with E-state index < -0.39 is 44.6 Å². The monoisotopic (exact) mass is 700 g/mol. The van der Waals surface area contributed by atoms with Crippen molar-refractivity contribution < 1.29 is 28.8 Å². The van der Waals surface area contributed by atoms with Gasteiger partial charge in [-0.2, -0.15) is 0 Å². The quantitative estimate of drug-likeness (QED) is 0.141. The SMILES string of the molecule is COc1ccc([C@@H]2c3sc(=O)n(CC(=O)Nc4ccc(Cl)c(Cl)c4)c3S[C@H]3C(=O)N(c4ccc([N+](=O)[O-])cc4)C(=O)[C@@H]23)cc1OC. The molecule has 16 heteroatoms. The third-order valence-corrected chi connectivity index (χ3v) is 11.0. The van der Waals surface area contributed by atoms with E-state index in [0.29, 0.717) is 37.7 Å².